The number of benzene rings is 1. The molecule has 0 saturated heterocycles. The van der Waals surface area contributed by atoms with Crippen LogP contribution in [-0.2, 0) is 6.42 Å². The Morgan fingerprint density at radius 3 is 2.77 bits per heavy atom. The summed E-state index contributed by atoms with van der Waals surface area (Å²) in [5, 5.41) is 9.27. The molecule has 3 N–H and O–H groups in total. The van der Waals surface area contributed by atoms with Crippen molar-refractivity contribution in [2.45, 2.75) is 19.8 Å². The first kappa shape index (κ1) is 9.99. The van der Waals surface area contributed by atoms with Crippen LogP contribution in [0.3, 0.4) is 0 Å². The summed E-state index contributed by atoms with van der Waals surface area (Å²) in [6, 6.07) is 5.54. The van der Waals surface area contributed by atoms with E-state index in [0.717, 1.165) is 24.0 Å². The molecule has 2 nitrogen and oxygen atoms in total. The third-order valence-corrected chi connectivity index (χ3v) is 2.13. The van der Waals surface area contributed by atoms with Gasteiger partial charge in [0.05, 0.1) is 4.99 Å². The Morgan fingerprint density at radius 2 is 2.23 bits per heavy atom. The number of hydrogen-bond acceptors (Lipinski definition) is 2. The molecular formula is C10H13NOS. The molecule has 0 fully saturated rings. The zero-order valence-corrected chi connectivity index (χ0v) is 8.40. The maximum atomic E-state index is 9.27. The van der Waals surface area contributed by atoms with Gasteiger partial charge in [-0.15, -0.1) is 0 Å². The fourth-order valence-corrected chi connectivity index (χ4v) is 1.24. The van der Waals surface area contributed by atoms with Gasteiger partial charge < -0.3 is 10.8 Å². The van der Waals surface area contributed by atoms with Gasteiger partial charge >= 0.3 is 0 Å². The maximum absolute atomic E-state index is 9.27. The quantitative estimate of drug-likeness (QED) is 0.724. The summed E-state index contributed by atoms with van der Waals surface area (Å²) in [5.41, 5.74) is 7.44. The minimum atomic E-state index is 0.332. The van der Waals surface area contributed by atoms with Crippen molar-refractivity contribution in [2.24, 2.45) is 5.73 Å². The topological polar surface area (TPSA) is 46.2 Å². The van der Waals surface area contributed by atoms with E-state index in [-0.39, 0.29) is 0 Å². The largest absolute Gasteiger partial charge is 0.508 e. The van der Waals surface area contributed by atoms with Gasteiger partial charge in [-0.25, -0.2) is 0 Å². The minimum Gasteiger partial charge on any atom is -0.508 e. The third kappa shape index (κ3) is 3.03. The lowest BCUT2D eigenvalue weighted by atomic mass is 10.1. The molecular weight excluding hydrogens is 182 g/mol. The number of phenols is 1. The second-order valence-electron chi connectivity index (χ2n) is 3.09. The average Bonchev–Trinajstić information content (AvgIpc) is 2.07. The minimum absolute atomic E-state index is 0.332. The van der Waals surface area contributed by atoms with Crippen LogP contribution in [0.1, 0.15) is 17.5 Å². The molecule has 0 amide bonds. The Bertz CT molecular complexity index is 323. The van der Waals surface area contributed by atoms with Crippen molar-refractivity contribution < 1.29 is 5.11 Å². The molecule has 1 rings (SSSR count). The van der Waals surface area contributed by atoms with Crippen molar-refractivity contribution in [3.8, 4) is 5.75 Å². The second kappa shape index (κ2) is 4.23. The molecule has 0 heterocycles. The fourth-order valence-electron chi connectivity index (χ4n) is 1.14. The van der Waals surface area contributed by atoms with Crippen LogP contribution in [0.15, 0.2) is 18.2 Å². The zero-order chi connectivity index (χ0) is 9.84. The molecule has 0 aliphatic heterocycles. The summed E-state index contributed by atoms with van der Waals surface area (Å²) in [7, 11) is 0. The van der Waals surface area contributed by atoms with Crippen LogP contribution in [0.25, 0.3) is 0 Å². The molecule has 70 valence electrons. The molecule has 0 bridgehead atoms. The number of aromatic hydroxyl groups is 1. The van der Waals surface area contributed by atoms with Crippen molar-refractivity contribution >= 4 is 17.2 Å². The molecule has 0 spiro atoms. The van der Waals surface area contributed by atoms with Gasteiger partial charge in [-0.2, -0.15) is 0 Å². The van der Waals surface area contributed by atoms with E-state index in [1.165, 1.54) is 0 Å². The van der Waals surface area contributed by atoms with Gasteiger partial charge in [0.2, 0.25) is 0 Å². The molecule has 0 aromatic heterocycles. The van der Waals surface area contributed by atoms with E-state index < -0.39 is 0 Å². The Labute approximate surface area is 83.4 Å². The number of phenolic OH excluding ortho intramolecular Hbond substituents is 1. The number of rotatable bonds is 3. The van der Waals surface area contributed by atoms with E-state index in [1.54, 1.807) is 6.07 Å². The highest BCUT2D eigenvalue weighted by molar-refractivity contribution is 7.80. The van der Waals surface area contributed by atoms with Gasteiger partial charge in [0.25, 0.3) is 0 Å². The number of thiocarbonyl (C=S) groups is 1. The van der Waals surface area contributed by atoms with Gasteiger partial charge in [0, 0.05) is 6.42 Å². The van der Waals surface area contributed by atoms with E-state index in [4.69, 9.17) is 18.0 Å². The van der Waals surface area contributed by atoms with Crippen LogP contribution in [0.5, 0.6) is 5.75 Å². The highest BCUT2D eigenvalue weighted by Gasteiger charge is 1.98. The van der Waals surface area contributed by atoms with E-state index in [9.17, 15) is 5.11 Å². The van der Waals surface area contributed by atoms with E-state index >= 15 is 0 Å². The molecule has 13 heavy (non-hydrogen) atoms. The van der Waals surface area contributed by atoms with Gasteiger partial charge in [0.1, 0.15) is 5.75 Å². The van der Waals surface area contributed by atoms with Gasteiger partial charge in [-0.3, -0.25) is 0 Å². The van der Waals surface area contributed by atoms with Crippen molar-refractivity contribution in [3.63, 3.8) is 0 Å². The van der Waals surface area contributed by atoms with Crippen LogP contribution < -0.4 is 5.73 Å². The van der Waals surface area contributed by atoms with Gasteiger partial charge in [0.15, 0.2) is 0 Å². The lowest BCUT2D eigenvalue weighted by Crippen LogP contribution is -2.08. The van der Waals surface area contributed by atoms with Crippen LogP contribution in [-0.4, -0.2) is 10.1 Å². The highest BCUT2D eigenvalue weighted by Crippen LogP contribution is 2.17. The first-order chi connectivity index (χ1) is 6.09. The molecule has 0 aliphatic carbocycles. The SMILES string of the molecule is Cc1cc(CCC(N)=S)ccc1O. The second-order valence-corrected chi connectivity index (χ2v) is 3.61. The smallest absolute Gasteiger partial charge is 0.118 e. The molecule has 0 atom stereocenters. The van der Waals surface area contributed by atoms with Gasteiger partial charge in [-0.05, 0) is 30.5 Å². The van der Waals surface area contributed by atoms with Crippen molar-refractivity contribution in [1.29, 1.82) is 0 Å². The van der Waals surface area contributed by atoms with E-state index in [2.05, 4.69) is 0 Å². The first-order valence-corrected chi connectivity index (χ1v) is 4.57. The van der Waals surface area contributed by atoms with Gasteiger partial charge in [-0.1, -0.05) is 24.4 Å². The number of nitrogens with two attached hydrogens (primary N) is 1. The Balaban J connectivity index is 2.68. The van der Waals surface area contributed by atoms with Crippen molar-refractivity contribution in [3.05, 3.63) is 29.3 Å². The summed E-state index contributed by atoms with van der Waals surface area (Å²) >= 11 is 4.78. The zero-order valence-electron chi connectivity index (χ0n) is 7.58. The predicted octanol–water partition coefficient (Wildman–Crippen LogP) is 1.92. The summed E-state index contributed by atoms with van der Waals surface area (Å²) in [4.78, 5) is 0.533. The van der Waals surface area contributed by atoms with Crippen LogP contribution in [0.2, 0.25) is 0 Å². The van der Waals surface area contributed by atoms with Crippen molar-refractivity contribution in [2.75, 3.05) is 0 Å². The standard InChI is InChI=1S/C10H13NOS/c1-7-6-8(2-4-9(7)12)3-5-10(11)13/h2,4,6,12H,3,5H2,1H3,(H2,11,13). The Morgan fingerprint density at radius 1 is 1.54 bits per heavy atom. The average molecular weight is 195 g/mol. The van der Waals surface area contributed by atoms with Crippen molar-refractivity contribution in [1.82, 2.24) is 0 Å². The lowest BCUT2D eigenvalue weighted by Gasteiger charge is -2.03. The van der Waals surface area contributed by atoms with Crippen LogP contribution >= 0.6 is 12.2 Å². The molecule has 3 heteroatoms. The third-order valence-electron chi connectivity index (χ3n) is 1.92. The summed E-state index contributed by atoms with van der Waals surface area (Å²) in [6.45, 7) is 1.87. The molecule has 0 unspecified atom stereocenters. The monoisotopic (exact) mass is 195 g/mol. The van der Waals surface area contributed by atoms with Crippen LogP contribution in [0.4, 0.5) is 0 Å². The molecule has 0 aliphatic rings. The fraction of sp³-hybridized carbons (Fsp3) is 0.300. The normalized spacial score (nSPS) is 9.92. The number of aryl methyl sites for hydroxylation is 2. The molecule has 0 saturated carbocycles. The predicted molar refractivity (Wildman–Crippen MR) is 58.0 cm³/mol. The molecule has 1 aromatic carbocycles. The molecule has 0 radical (unpaired) electrons. The van der Waals surface area contributed by atoms with Crippen LogP contribution in [0, 0.1) is 6.92 Å². The Kier molecular flexibility index (Phi) is 3.25. The summed E-state index contributed by atoms with van der Waals surface area (Å²) in [6.07, 6.45) is 1.57. The summed E-state index contributed by atoms with van der Waals surface area (Å²) < 4.78 is 0. The number of hydrogen-bond donors (Lipinski definition) is 2. The summed E-state index contributed by atoms with van der Waals surface area (Å²) in [5.74, 6) is 0.332. The Hall–Kier alpha value is -1.09. The highest BCUT2D eigenvalue weighted by atomic mass is 32.1. The maximum Gasteiger partial charge on any atom is 0.118 e. The van der Waals surface area contributed by atoms with E-state index in [1.807, 2.05) is 19.1 Å². The molecule has 1 aromatic rings. The first-order valence-electron chi connectivity index (χ1n) is 4.16. The van der Waals surface area contributed by atoms with E-state index in [0.29, 0.717) is 10.7 Å². The lowest BCUT2D eigenvalue weighted by molar-refractivity contribution is 0.471.